The molecule has 0 saturated heterocycles. The average molecular weight is 300 g/mol. The molecule has 1 aromatic rings. The first-order valence-electron chi connectivity index (χ1n) is 7.21. The summed E-state index contributed by atoms with van der Waals surface area (Å²) in [5.41, 5.74) is 0.151. The van der Waals surface area contributed by atoms with Gasteiger partial charge in [-0.25, -0.2) is 0 Å². The number of hydrogen-bond acceptors (Lipinski definition) is 3. The topological polar surface area (TPSA) is 41.5 Å². The Hall–Kier alpha value is -0.770. The molecule has 0 spiro atoms. The maximum absolute atomic E-state index is 10.3. The van der Waals surface area contributed by atoms with E-state index in [1.54, 1.807) is 6.92 Å². The van der Waals surface area contributed by atoms with Crippen molar-refractivity contribution in [3.63, 3.8) is 0 Å². The third-order valence-electron chi connectivity index (χ3n) is 3.54. The van der Waals surface area contributed by atoms with Crippen LogP contribution in [0.25, 0.3) is 0 Å². The molecule has 0 aliphatic carbocycles. The summed E-state index contributed by atoms with van der Waals surface area (Å²) >= 11 is 6.22. The summed E-state index contributed by atoms with van der Waals surface area (Å²) in [6.45, 7) is 9.75. The predicted molar refractivity (Wildman–Crippen MR) is 84.4 cm³/mol. The molecule has 2 N–H and O–H groups in total. The second-order valence-electron chi connectivity index (χ2n) is 5.71. The molecule has 0 aromatic heterocycles. The Morgan fingerprint density at radius 2 is 2.10 bits per heavy atom. The molecule has 0 aliphatic rings. The SMILES string of the molecule is CCCNCc1cccc(Cl)c1OCC(C)(O)C(C)C. The van der Waals surface area contributed by atoms with Gasteiger partial charge in [0.2, 0.25) is 0 Å². The molecule has 20 heavy (non-hydrogen) atoms. The van der Waals surface area contributed by atoms with Crippen LogP contribution in [0.15, 0.2) is 18.2 Å². The summed E-state index contributed by atoms with van der Waals surface area (Å²) in [5, 5.41) is 14.2. The zero-order valence-electron chi connectivity index (χ0n) is 12.9. The molecule has 1 atom stereocenters. The molecule has 0 aliphatic heterocycles. The van der Waals surface area contributed by atoms with Crippen molar-refractivity contribution in [2.24, 2.45) is 5.92 Å². The molecular weight excluding hydrogens is 274 g/mol. The van der Waals surface area contributed by atoms with E-state index in [0.29, 0.717) is 17.3 Å². The fourth-order valence-corrected chi connectivity index (χ4v) is 1.89. The molecule has 0 amide bonds. The molecule has 1 rings (SSSR count). The van der Waals surface area contributed by atoms with Gasteiger partial charge in [0.05, 0.1) is 10.6 Å². The number of aliphatic hydroxyl groups is 1. The lowest BCUT2D eigenvalue weighted by atomic mass is 9.94. The highest BCUT2D eigenvalue weighted by molar-refractivity contribution is 6.32. The summed E-state index contributed by atoms with van der Waals surface area (Å²) in [6.07, 6.45) is 1.08. The number of benzene rings is 1. The Labute approximate surface area is 127 Å². The molecule has 114 valence electrons. The maximum Gasteiger partial charge on any atom is 0.142 e. The Bertz CT molecular complexity index is 419. The first kappa shape index (κ1) is 17.3. The van der Waals surface area contributed by atoms with Crippen molar-refractivity contribution in [3.05, 3.63) is 28.8 Å². The summed E-state index contributed by atoms with van der Waals surface area (Å²) in [7, 11) is 0. The third-order valence-corrected chi connectivity index (χ3v) is 3.84. The molecule has 0 heterocycles. The van der Waals surface area contributed by atoms with E-state index in [4.69, 9.17) is 16.3 Å². The monoisotopic (exact) mass is 299 g/mol. The van der Waals surface area contributed by atoms with Gasteiger partial charge in [0, 0.05) is 12.1 Å². The second-order valence-corrected chi connectivity index (χ2v) is 6.11. The molecule has 4 heteroatoms. The molecule has 3 nitrogen and oxygen atoms in total. The van der Waals surface area contributed by atoms with E-state index in [0.717, 1.165) is 18.5 Å². The Balaban J connectivity index is 2.77. The van der Waals surface area contributed by atoms with Gasteiger partial charge in [0.1, 0.15) is 12.4 Å². The third kappa shape index (κ3) is 4.97. The zero-order valence-corrected chi connectivity index (χ0v) is 13.6. The molecule has 0 radical (unpaired) electrons. The van der Waals surface area contributed by atoms with Gasteiger partial charge in [-0.15, -0.1) is 0 Å². The molecule has 1 unspecified atom stereocenters. The summed E-state index contributed by atoms with van der Waals surface area (Å²) in [4.78, 5) is 0. The second kappa shape index (κ2) is 7.87. The van der Waals surface area contributed by atoms with Crippen molar-refractivity contribution >= 4 is 11.6 Å². The van der Waals surface area contributed by atoms with Gasteiger partial charge >= 0.3 is 0 Å². The van der Waals surface area contributed by atoms with Gasteiger partial charge in [-0.05, 0) is 31.9 Å². The van der Waals surface area contributed by atoms with Crippen LogP contribution in [0.4, 0.5) is 0 Å². The standard InChI is InChI=1S/C16H26ClNO2/c1-5-9-18-10-13-7-6-8-14(17)15(13)20-11-16(4,19)12(2)3/h6-8,12,18-19H,5,9-11H2,1-4H3. The van der Waals surface area contributed by atoms with Crippen molar-refractivity contribution in [2.75, 3.05) is 13.2 Å². The smallest absolute Gasteiger partial charge is 0.142 e. The Kier molecular flexibility index (Phi) is 6.80. The number of ether oxygens (including phenoxy) is 1. The lowest BCUT2D eigenvalue weighted by Gasteiger charge is -2.28. The maximum atomic E-state index is 10.3. The molecule has 1 aromatic carbocycles. The van der Waals surface area contributed by atoms with Crippen molar-refractivity contribution in [1.29, 1.82) is 0 Å². The van der Waals surface area contributed by atoms with Crippen LogP contribution in [0.1, 0.15) is 39.7 Å². The van der Waals surface area contributed by atoms with Crippen molar-refractivity contribution in [2.45, 2.75) is 46.3 Å². The number of nitrogens with one attached hydrogen (secondary N) is 1. The van der Waals surface area contributed by atoms with Gasteiger partial charge < -0.3 is 15.2 Å². The van der Waals surface area contributed by atoms with Crippen LogP contribution in [0.3, 0.4) is 0 Å². The van der Waals surface area contributed by atoms with Crippen LogP contribution in [-0.4, -0.2) is 23.9 Å². The first-order chi connectivity index (χ1) is 9.38. The molecule has 0 bridgehead atoms. The molecular formula is C16H26ClNO2. The minimum atomic E-state index is -0.868. The van der Waals surface area contributed by atoms with E-state index in [2.05, 4.69) is 12.2 Å². The number of halogens is 1. The largest absolute Gasteiger partial charge is 0.489 e. The summed E-state index contributed by atoms with van der Waals surface area (Å²) in [6, 6.07) is 5.72. The molecule has 0 fully saturated rings. The van der Waals surface area contributed by atoms with Gasteiger partial charge in [-0.3, -0.25) is 0 Å². The van der Waals surface area contributed by atoms with E-state index in [-0.39, 0.29) is 12.5 Å². The van der Waals surface area contributed by atoms with E-state index >= 15 is 0 Å². The fourth-order valence-electron chi connectivity index (χ4n) is 1.64. The highest BCUT2D eigenvalue weighted by atomic mass is 35.5. The summed E-state index contributed by atoms with van der Waals surface area (Å²) in [5.74, 6) is 0.783. The van der Waals surface area contributed by atoms with E-state index in [1.165, 1.54) is 0 Å². The van der Waals surface area contributed by atoms with Crippen LogP contribution in [0.5, 0.6) is 5.75 Å². The minimum absolute atomic E-state index is 0.117. The average Bonchev–Trinajstić information content (AvgIpc) is 2.38. The zero-order chi connectivity index (χ0) is 15.2. The van der Waals surface area contributed by atoms with Crippen molar-refractivity contribution in [1.82, 2.24) is 5.32 Å². The van der Waals surface area contributed by atoms with Gasteiger partial charge in [-0.2, -0.15) is 0 Å². The van der Waals surface area contributed by atoms with Crippen molar-refractivity contribution in [3.8, 4) is 5.75 Å². The number of rotatable bonds is 8. The quantitative estimate of drug-likeness (QED) is 0.720. The fraction of sp³-hybridized carbons (Fsp3) is 0.625. The van der Waals surface area contributed by atoms with Crippen LogP contribution >= 0.6 is 11.6 Å². The molecule has 0 saturated carbocycles. The van der Waals surface area contributed by atoms with Gasteiger partial charge in [0.15, 0.2) is 0 Å². The number of hydrogen-bond donors (Lipinski definition) is 2. The van der Waals surface area contributed by atoms with Crippen LogP contribution in [0, 0.1) is 5.92 Å². The van der Waals surface area contributed by atoms with Crippen LogP contribution < -0.4 is 10.1 Å². The van der Waals surface area contributed by atoms with E-state index in [9.17, 15) is 5.11 Å². The van der Waals surface area contributed by atoms with E-state index in [1.807, 2.05) is 32.0 Å². The van der Waals surface area contributed by atoms with Crippen LogP contribution in [0.2, 0.25) is 5.02 Å². The van der Waals surface area contributed by atoms with Crippen molar-refractivity contribution < 1.29 is 9.84 Å². The highest BCUT2D eigenvalue weighted by Gasteiger charge is 2.26. The summed E-state index contributed by atoms with van der Waals surface area (Å²) < 4.78 is 5.80. The first-order valence-corrected chi connectivity index (χ1v) is 7.59. The Morgan fingerprint density at radius 3 is 2.70 bits per heavy atom. The van der Waals surface area contributed by atoms with Crippen LogP contribution in [-0.2, 0) is 6.54 Å². The lowest BCUT2D eigenvalue weighted by molar-refractivity contribution is -0.0268. The van der Waals surface area contributed by atoms with Gasteiger partial charge in [0.25, 0.3) is 0 Å². The predicted octanol–water partition coefficient (Wildman–Crippen LogP) is 3.63. The highest BCUT2D eigenvalue weighted by Crippen LogP contribution is 2.30. The van der Waals surface area contributed by atoms with Gasteiger partial charge in [-0.1, -0.05) is 44.5 Å². The minimum Gasteiger partial charge on any atom is -0.489 e. The Morgan fingerprint density at radius 1 is 1.40 bits per heavy atom. The van der Waals surface area contributed by atoms with E-state index < -0.39 is 5.60 Å². The lowest BCUT2D eigenvalue weighted by Crippen LogP contribution is -2.38. The normalized spacial score (nSPS) is 14.3. The number of para-hydroxylation sites is 1.